The Kier molecular flexibility index (Phi) is 6.18. The highest BCUT2D eigenvalue weighted by Gasteiger charge is 2.24. The van der Waals surface area contributed by atoms with Crippen molar-refractivity contribution in [2.75, 3.05) is 0 Å². The molecule has 0 bridgehead atoms. The van der Waals surface area contributed by atoms with Gasteiger partial charge in [-0.25, -0.2) is 13.1 Å². The first kappa shape index (κ1) is 17.9. The molecule has 9 heteroatoms. The lowest BCUT2D eigenvalue weighted by Crippen LogP contribution is -2.34. The van der Waals surface area contributed by atoms with Gasteiger partial charge in [0.05, 0.1) is 17.1 Å². The maximum absolute atomic E-state index is 12.2. The molecule has 1 heterocycles. The monoisotopic (exact) mass is 337 g/mol. The Balaban J connectivity index is 2.58. The molecule has 2 unspecified atom stereocenters. The molecule has 0 saturated carbocycles. The maximum Gasteiger partial charge on any atom is 0.306 e. The number of aliphatic carboxylic acids is 1. The van der Waals surface area contributed by atoms with E-state index in [1.807, 2.05) is 0 Å². The number of sulfonamides is 1. The number of carbonyl (C=O) groups is 1. The molecule has 0 radical (unpaired) electrons. The van der Waals surface area contributed by atoms with Crippen LogP contribution in [0.15, 0.2) is 11.2 Å². The second-order valence-electron chi connectivity index (χ2n) is 5.11. The van der Waals surface area contributed by atoms with Gasteiger partial charge in [0.15, 0.2) is 5.03 Å². The molecule has 0 saturated heterocycles. The molecule has 2 N–H and O–H groups in total. The number of hydrogen-bond acceptors (Lipinski definition) is 4. The summed E-state index contributed by atoms with van der Waals surface area (Å²) < 4.78 is 28.1. The zero-order valence-corrected chi connectivity index (χ0v) is 13.8. The summed E-state index contributed by atoms with van der Waals surface area (Å²) in [6.45, 7) is 3.36. The molecule has 0 aliphatic heterocycles. The summed E-state index contributed by atoms with van der Waals surface area (Å²) in [4.78, 5) is 10.7. The van der Waals surface area contributed by atoms with E-state index < -0.39 is 21.9 Å². The summed E-state index contributed by atoms with van der Waals surface area (Å²) in [5.74, 6) is -1.27. The van der Waals surface area contributed by atoms with Gasteiger partial charge in [-0.15, -0.1) is 0 Å². The van der Waals surface area contributed by atoms with Gasteiger partial charge in [-0.3, -0.25) is 9.48 Å². The maximum atomic E-state index is 12.2. The quantitative estimate of drug-likeness (QED) is 0.750. The van der Waals surface area contributed by atoms with E-state index in [0.29, 0.717) is 19.3 Å². The van der Waals surface area contributed by atoms with Crippen molar-refractivity contribution in [3.63, 3.8) is 0 Å². The number of aryl methyl sites for hydroxylation is 1. The number of halogens is 1. The van der Waals surface area contributed by atoms with Crippen LogP contribution in [0.1, 0.15) is 33.1 Å². The molecule has 1 aromatic heterocycles. The van der Waals surface area contributed by atoms with Gasteiger partial charge in [-0.1, -0.05) is 24.9 Å². The van der Waals surface area contributed by atoms with Gasteiger partial charge in [-0.05, 0) is 19.8 Å². The topological polar surface area (TPSA) is 101 Å². The third kappa shape index (κ3) is 4.98. The molecule has 120 valence electrons. The minimum atomic E-state index is -3.74. The lowest BCUT2D eigenvalue weighted by molar-refractivity contribution is -0.141. The molecule has 7 nitrogen and oxygen atoms in total. The van der Waals surface area contributed by atoms with E-state index >= 15 is 0 Å². The molecular weight excluding hydrogens is 318 g/mol. The Bertz CT molecular complexity index is 580. The van der Waals surface area contributed by atoms with Crippen LogP contribution in [0.2, 0.25) is 5.02 Å². The Labute approximate surface area is 129 Å². The van der Waals surface area contributed by atoms with Gasteiger partial charge >= 0.3 is 5.97 Å². The van der Waals surface area contributed by atoms with Crippen LogP contribution in [0, 0.1) is 5.92 Å². The highest BCUT2D eigenvalue weighted by molar-refractivity contribution is 7.89. The van der Waals surface area contributed by atoms with Crippen LogP contribution in [-0.2, 0) is 21.9 Å². The highest BCUT2D eigenvalue weighted by Crippen LogP contribution is 2.20. The average molecular weight is 338 g/mol. The normalized spacial score (nSPS) is 14.9. The predicted octanol–water partition coefficient (Wildman–Crippen LogP) is 1.63. The molecule has 0 aromatic carbocycles. The molecule has 0 aliphatic carbocycles. The van der Waals surface area contributed by atoms with E-state index in [0.717, 1.165) is 0 Å². The van der Waals surface area contributed by atoms with E-state index in [-0.39, 0.29) is 16.1 Å². The summed E-state index contributed by atoms with van der Waals surface area (Å²) in [6, 6.07) is -0.318. The van der Waals surface area contributed by atoms with Crippen LogP contribution < -0.4 is 4.72 Å². The minimum absolute atomic E-state index is 0.0664. The molecule has 1 aromatic rings. The number of nitrogens with one attached hydrogen (secondary N) is 1. The SMILES string of the molecule is CC(CCCC(C)C(=O)O)NS(=O)(=O)c1c(Cl)cnn1C. The molecule has 2 atom stereocenters. The predicted molar refractivity (Wildman–Crippen MR) is 78.7 cm³/mol. The first-order valence-electron chi connectivity index (χ1n) is 6.57. The Hall–Kier alpha value is -1.12. The van der Waals surface area contributed by atoms with Crippen LogP contribution in [0.4, 0.5) is 0 Å². The summed E-state index contributed by atoms with van der Waals surface area (Å²) in [6.07, 6.45) is 2.95. The number of carboxylic acids is 1. The van der Waals surface area contributed by atoms with Gasteiger partial charge in [-0.2, -0.15) is 5.10 Å². The Morgan fingerprint density at radius 3 is 2.57 bits per heavy atom. The lowest BCUT2D eigenvalue weighted by Gasteiger charge is -2.15. The van der Waals surface area contributed by atoms with Crippen molar-refractivity contribution in [1.82, 2.24) is 14.5 Å². The number of nitrogens with zero attached hydrogens (tertiary/aromatic N) is 2. The van der Waals surface area contributed by atoms with Crippen molar-refractivity contribution in [1.29, 1.82) is 0 Å². The Morgan fingerprint density at radius 2 is 2.10 bits per heavy atom. The fourth-order valence-corrected chi connectivity index (χ4v) is 3.87. The standard InChI is InChI=1S/C12H20ClN3O4S/c1-8(12(17)18)5-4-6-9(2)15-21(19,20)11-10(13)7-14-16(11)3/h7-9,15H,4-6H2,1-3H3,(H,17,18). The fraction of sp³-hybridized carbons (Fsp3) is 0.667. The second kappa shape index (κ2) is 7.24. The number of aromatic nitrogens is 2. The molecule has 1 rings (SSSR count). The van der Waals surface area contributed by atoms with Crippen LogP contribution >= 0.6 is 11.6 Å². The zero-order chi connectivity index (χ0) is 16.2. The van der Waals surface area contributed by atoms with Crippen molar-refractivity contribution in [3.05, 3.63) is 11.2 Å². The molecule has 0 amide bonds. The molecular formula is C12H20ClN3O4S. The van der Waals surface area contributed by atoms with Crippen LogP contribution in [0.25, 0.3) is 0 Å². The van der Waals surface area contributed by atoms with Crippen LogP contribution in [-0.4, -0.2) is 35.3 Å². The van der Waals surface area contributed by atoms with E-state index in [9.17, 15) is 13.2 Å². The van der Waals surface area contributed by atoms with Gasteiger partial charge < -0.3 is 5.11 Å². The molecule has 0 fully saturated rings. The molecule has 0 aliphatic rings. The third-order valence-corrected chi connectivity index (χ3v) is 5.24. The van der Waals surface area contributed by atoms with Crippen molar-refractivity contribution in [3.8, 4) is 0 Å². The number of hydrogen-bond donors (Lipinski definition) is 2. The van der Waals surface area contributed by atoms with Gasteiger partial charge in [0, 0.05) is 13.1 Å². The van der Waals surface area contributed by atoms with Crippen molar-refractivity contribution in [2.45, 2.75) is 44.2 Å². The van der Waals surface area contributed by atoms with Gasteiger partial charge in [0.2, 0.25) is 0 Å². The van der Waals surface area contributed by atoms with Gasteiger partial charge in [0.1, 0.15) is 0 Å². The first-order valence-corrected chi connectivity index (χ1v) is 8.44. The first-order chi connectivity index (χ1) is 9.65. The number of carboxylic acid groups (broad SMARTS) is 1. The van der Waals surface area contributed by atoms with Gasteiger partial charge in [0.25, 0.3) is 10.0 Å². The summed E-state index contributed by atoms with van der Waals surface area (Å²) in [5.41, 5.74) is 0. The average Bonchev–Trinajstić information content (AvgIpc) is 2.68. The number of rotatable bonds is 8. The van der Waals surface area contributed by atoms with E-state index in [2.05, 4.69) is 9.82 Å². The van der Waals surface area contributed by atoms with Crippen LogP contribution in [0.3, 0.4) is 0 Å². The molecule has 21 heavy (non-hydrogen) atoms. The van der Waals surface area contributed by atoms with Crippen molar-refractivity contribution < 1.29 is 18.3 Å². The Morgan fingerprint density at radius 1 is 1.48 bits per heavy atom. The van der Waals surface area contributed by atoms with Crippen molar-refractivity contribution in [2.24, 2.45) is 13.0 Å². The van der Waals surface area contributed by atoms with Crippen LogP contribution in [0.5, 0.6) is 0 Å². The summed E-state index contributed by atoms with van der Waals surface area (Å²) >= 11 is 5.83. The highest BCUT2D eigenvalue weighted by atomic mass is 35.5. The summed E-state index contributed by atoms with van der Waals surface area (Å²) in [7, 11) is -2.24. The fourth-order valence-electron chi connectivity index (χ4n) is 1.94. The minimum Gasteiger partial charge on any atom is -0.481 e. The van der Waals surface area contributed by atoms with E-state index in [4.69, 9.17) is 16.7 Å². The van der Waals surface area contributed by atoms with E-state index in [1.54, 1.807) is 13.8 Å². The molecule has 0 spiro atoms. The van der Waals surface area contributed by atoms with Crippen molar-refractivity contribution >= 4 is 27.6 Å². The lowest BCUT2D eigenvalue weighted by atomic mass is 10.0. The second-order valence-corrected chi connectivity index (χ2v) is 7.15. The smallest absolute Gasteiger partial charge is 0.306 e. The third-order valence-electron chi connectivity index (χ3n) is 3.15. The largest absolute Gasteiger partial charge is 0.481 e. The van der Waals surface area contributed by atoms with E-state index in [1.165, 1.54) is 17.9 Å². The zero-order valence-electron chi connectivity index (χ0n) is 12.2. The summed E-state index contributed by atoms with van der Waals surface area (Å²) in [5, 5.41) is 12.6.